The van der Waals surface area contributed by atoms with E-state index in [4.69, 9.17) is 10.5 Å². The lowest BCUT2D eigenvalue weighted by Gasteiger charge is -2.05. The van der Waals surface area contributed by atoms with Gasteiger partial charge in [0.2, 0.25) is 0 Å². The minimum absolute atomic E-state index is 0.651. The molecule has 0 aliphatic carbocycles. The molecule has 90 valence electrons. The van der Waals surface area contributed by atoms with Gasteiger partial charge >= 0.3 is 0 Å². The van der Waals surface area contributed by atoms with Gasteiger partial charge in [0, 0.05) is 23.8 Å². The molecule has 0 saturated carbocycles. The Morgan fingerprint density at radius 3 is 2.94 bits per heavy atom. The second-order valence-electron chi connectivity index (χ2n) is 3.76. The average molecular weight is 248 g/mol. The summed E-state index contributed by atoms with van der Waals surface area (Å²) in [4.78, 5) is 4.55. The Kier molecular flexibility index (Phi) is 4.12. The van der Waals surface area contributed by atoms with Gasteiger partial charge in [-0.3, -0.25) is 0 Å². The van der Waals surface area contributed by atoms with E-state index in [0.717, 1.165) is 29.3 Å². The summed E-state index contributed by atoms with van der Waals surface area (Å²) in [6.45, 7) is 0.651. The third kappa shape index (κ3) is 3.05. The second-order valence-corrected chi connectivity index (χ2v) is 4.70. The highest BCUT2D eigenvalue weighted by Gasteiger charge is 2.06. The Morgan fingerprint density at radius 2 is 2.18 bits per heavy atom. The van der Waals surface area contributed by atoms with Crippen molar-refractivity contribution < 1.29 is 4.74 Å². The van der Waals surface area contributed by atoms with Gasteiger partial charge in [-0.05, 0) is 12.6 Å². The zero-order chi connectivity index (χ0) is 12.1. The number of hydrogen-bond donors (Lipinski definition) is 1. The molecule has 2 aromatic rings. The Balaban J connectivity index is 2.13. The highest BCUT2D eigenvalue weighted by Crippen LogP contribution is 2.22. The van der Waals surface area contributed by atoms with Crippen molar-refractivity contribution in [3.63, 3.8) is 0 Å². The molecule has 0 radical (unpaired) electrons. The molecule has 2 N–H and O–H groups in total. The number of rotatable bonds is 5. The van der Waals surface area contributed by atoms with Crippen molar-refractivity contribution in [2.75, 3.05) is 13.7 Å². The lowest BCUT2D eigenvalue weighted by molar-refractivity contribution is 0.410. The zero-order valence-corrected chi connectivity index (χ0v) is 10.7. The average Bonchev–Trinajstić information content (AvgIpc) is 2.78. The number of para-hydroxylation sites is 1. The fourth-order valence-electron chi connectivity index (χ4n) is 1.70. The molecular weight excluding hydrogens is 232 g/mol. The van der Waals surface area contributed by atoms with Gasteiger partial charge in [-0.1, -0.05) is 18.2 Å². The fraction of sp³-hybridized carbons (Fsp3) is 0.308. The van der Waals surface area contributed by atoms with Crippen LogP contribution in [-0.2, 0) is 12.8 Å². The monoisotopic (exact) mass is 248 g/mol. The van der Waals surface area contributed by atoms with Gasteiger partial charge in [0.1, 0.15) is 5.75 Å². The van der Waals surface area contributed by atoms with Crippen LogP contribution in [0.15, 0.2) is 29.6 Å². The van der Waals surface area contributed by atoms with Crippen LogP contribution in [0.2, 0.25) is 0 Å². The van der Waals surface area contributed by atoms with Crippen LogP contribution in [0.5, 0.6) is 5.75 Å². The van der Waals surface area contributed by atoms with Gasteiger partial charge in [-0.2, -0.15) is 0 Å². The van der Waals surface area contributed by atoms with Crippen molar-refractivity contribution in [3.05, 3.63) is 45.9 Å². The standard InChI is InChI=1S/C13H16N2OS/c1-16-12-5-3-2-4-10(12)8-13-15-11(6-7-14)9-17-13/h2-5,9H,6-8,14H2,1H3. The fourth-order valence-corrected chi connectivity index (χ4v) is 2.56. The third-order valence-electron chi connectivity index (χ3n) is 2.53. The van der Waals surface area contributed by atoms with E-state index < -0.39 is 0 Å². The zero-order valence-electron chi connectivity index (χ0n) is 9.85. The van der Waals surface area contributed by atoms with Crippen molar-refractivity contribution >= 4 is 11.3 Å². The van der Waals surface area contributed by atoms with Crippen molar-refractivity contribution in [1.29, 1.82) is 0 Å². The summed E-state index contributed by atoms with van der Waals surface area (Å²) in [5, 5.41) is 3.19. The van der Waals surface area contributed by atoms with Crippen molar-refractivity contribution in [1.82, 2.24) is 4.98 Å². The lowest BCUT2D eigenvalue weighted by atomic mass is 10.1. The first-order valence-electron chi connectivity index (χ1n) is 5.58. The molecule has 17 heavy (non-hydrogen) atoms. The molecule has 4 heteroatoms. The van der Waals surface area contributed by atoms with E-state index in [0.29, 0.717) is 6.54 Å². The van der Waals surface area contributed by atoms with Crippen LogP contribution in [0.25, 0.3) is 0 Å². The SMILES string of the molecule is COc1ccccc1Cc1nc(CCN)cs1. The summed E-state index contributed by atoms with van der Waals surface area (Å²) in [5.74, 6) is 0.920. The predicted molar refractivity (Wildman–Crippen MR) is 70.7 cm³/mol. The number of hydrogen-bond acceptors (Lipinski definition) is 4. The number of methoxy groups -OCH3 is 1. The molecule has 0 saturated heterocycles. The quantitative estimate of drug-likeness (QED) is 0.882. The molecule has 1 aromatic heterocycles. The van der Waals surface area contributed by atoms with Crippen LogP contribution in [0.4, 0.5) is 0 Å². The summed E-state index contributed by atoms with van der Waals surface area (Å²) in [7, 11) is 1.69. The van der Waals surface area contributed by atoms with Crippen molar-refractivity contribution in [2.45, 2.75) is 12.8 Å². The van der Waals surface area contributed by atoms with Crippen LogP contribution < -0.4 is 10.5 Å². The molecule has 3 nitrogen and oxygen atoms in total. The summed E-state index contributed by atoms with van der Waals surface area (Å²) < 4.78 is 5.33. The van der Waals surface area contributed by atoms with E-state index in [-0.39, 0.29) is 0 Å². The van der Waals surface area contributed by atoms with Crippen LogP contribution in [-0.4, -0.2) is 18.6 Å². The molecule has 0 unspecified atom stereocenters. The van der Waals surface area contributed by atoms with E-state index in [1.54, 1.807) is 18.4 Å². The normalized spacial score (nSPS) is 10.5. The van der Waals surface area contributed by atoms with E-state index in [9.17, 15) is 0 Å². The molecule has 0 atom stereocenters. The Labute approximate surface area is 105 Å². The number of thiazole rings is 1. The maximum absolute atomic E-state index is 5.51. The number of benzene rings is 1. The molecule has 1 aromatic carbocycles. The minimum atomic E-state index is 0.651. The highest BCUT2D eigenvalue weighted by molar-refractivity contribution is 7.09. The first kappa shape index (κ1) is 12.1. The largest absolute Gasteiger partial charge is 0.496 e. The summed E-state index contributed by atoms with van der Waals surface area (Å²) in [6.07, 6.45) is 1.67. The van der Waals surface area contributed by atoms with Gasteiger partial charge in [0.05, 0.1) is 17.8 Å². The van der Waals surface area contributed by atoms with Crippen LogP contribution in [0.3, 0.4) is 0 Å². The van der Waals surface area contributed by atoms with Gasteiger partial charge in [0.25, 0.3) is 0 Å². The molecule has 0 bridgehead atoms. The Hall–Kier alpha value is -1.39. The van der Waals surface area contributed by atoms with E-state index in [2.05, 4.69) is 16.4 Å². The summed E-state index contributed by atoms with van der Waals surface area (Å²) >= 11 is 1.68. The van der Waals surface area contributed by atoms with Crippen LogP contribution in [0.1, 0.15) is 16.3 Å². The maximum Gasteiger partial charge on any atom is 0.122 e. The van der Waals surface area contributed by atoms with Gasteiger partial charge in [-0.15, -0.1) is 11.3 Å². The molecular formula is C13H16N2OS. The first-order valence-corrected chi connectivity index (χ1v) is 6.46. The highest BCUT2D eigenvalue weighted by atomic mass is 32.1. The number of ether oxygens (including phenoxy) is 1. The van der Waals surface area contributed by atoms with Gasteiger partial charge < -0.3 is 10.5 Å². The number of aromatic nitrogens is 1. The van der Waals surface area contributed by atoms with Gasteiger partial charge in [0.15, 0.2) is 0 Å². The summed E-state index contributed by atoms with van der Waals surface area (Å²) in [6, 6.07) is 8.04. The van der Waals surface area contributed by atoms with E-state index in [1.807, 2.05) is 18.2 Å². The maximum atomic E-state index is 5.51. The molecule has 0 fully saturated rings. The molecule has 2 rings (SSSR count). The number of nitrogens with two attached hydrogens (primary N) is 1. The minimum Gasteiger partial charge on any atom is -0.496 e. The molecule has 0 spiro atoms. The lowest BCUT2D eigenvalue weighted by Crippen LogP contribution is -2.03. The van der Waals surface area contributed by atoms with Gasteiger partial charge in [-0.25, -0.2) is 4.98 Å². The summed E-state index contributed by atoms with van der Waals surface area (Å²) in [5.41, 5.74) is 7.77. The first-order chi connectivity index (χ1) is 8.33. The smallest absolute Gasteiger partial charge is 0.122 e. The Morgan fingerprint density at radius 1 is 1.35 bits per heavy atom. The molecule has 0 amide bonds. The molecule has 1 heterocycles. The third-order valence-corrected chi connectivity index (χ3v) is 3.43. The van der Waals surface area contributed by atoms with E-state index in [1.165, 1.54) is 5.56 Å². The topological polar surface area (TPSA) is 48.1 Å². The Bertz CT molecular complexity index is 482. The van der Waals surface area contributed by atoms with Crippen molar-refractivity contribution in [2.24, 2.45) is 5.73 Å². The molecule has 0 aliphatic rings. The van der Waals surface area contributed by atoms with Crippen LogP contribution in [0, 0.1) is 0 Å². The van der Waals surface area contributed by atoms with Crippen LogP contribution >= 0.6 is 11.3 Å². The molecule has 0 aliphatic heterocycles. The second kappa shape index (κ2) is 5.80. The number of nitrogens with zero attached hydrogens (tertiary/aromatic N) is 1. The van der Waals surface area contributed by atoms with Crippen molar-refractivity contribution in [3.8, 4) is 5.75 Å². The predicted octanol–water partition coefficient (Wildman–Crippen LogP) is 2.24. The van der Waals surface area contributed by atoms with E-state index >= 15 is 0 Å².